The molecule has 14 heteroatoms. The van der Waals surface area contributed by atoms with E-state index in [0.717, 1.165) is 38.5 Å². The third-order valence-electron chi connectivity index (χ3n) is 9.55. The van der Waals surface area contributed by atoms with Crippen LogP contribution in [0.1, 0.15) is 215 Å². The minimum Gasteiger partial charge on any atom is -0.462 e. The molecule has 3 atom stereocenters. The number of phosphoric ester groups is 1. The van der Waals surface area contributed by atoms with Gasteiger partial charge in [-0.3, -0.25) is 28.2 Å². The molecule has 0 aromatic rings. The lowest BCUT2D eigenvalue weighted by atomic mass is 9.92. The third kappa shape index (κ3) is 39.8. The summed E-state index contributed by atoms with van der Waals surface area (Å²) in [6.45, 7) is 11.2. The highest BCUT2D eigenvalue weighted by atomic mass is 31.2. The van der Waals surface area contributed by atoms with Gasteiger partial charge in [-0.1, -0.05) is 163 Å². The Morgan fingerprint density at radius 1 is 0.492 bits per heavy atom. The molecule has 59 heavy (non-hydrogen) atoms. The van der Waals surface area contributed by atoms with Crippen LogP contribution in [0.15, 0.2) is 0 Å². The first-order valence-electron chi connectivity index (χ1n) is 23.0. The van der Waals surface area contributed by atoms with Crippen LogP contribution in [0.4, 0.5) is 0 Å². The van der Waals surface area contributed by atoms with Crippen molar-refractivity contribution in [3.8, 4) is 0 Å². The zero-order valence-electron chi connectivity index (χ0n) is 38.3. The van der Waals surface area contributed by atoms with E-state index in [1.54, 1.807) is 13.8 Å². The van der Waals surface area contributed by atoms with E-state index in [1.165, 1.54) is 89.9 Å². The minimum atomic E-state index is -4.83. The van der Waals surface area contributed by atoms with Crippen molar-refractivity contribution in [2.24, 2.45) is 11.1 Å². The Hall–Kier alpha value is -2.05. The van der Waals surface area contributed by atoms with E-state index in [4.69, 9.17) is 33.7 Å². The first kappa shape index (κ1) is 57.0. The summed E-state index contributed by atoms with van der Waals surface area (Å²) in [5.74, 6) is -2.25. The van der Waals surface area contributed by atoms with Crippen LogP contribution in [0, 0.1) is 5.41 Å². The molecule has 0 saturated carbocycles. The molecule has 0 fully saturated rings. The fourth-order valence-corrected chi connectivity index (χ4v) is 7.05. The van der Waals surface area contributed by atoms with E-state index >= 15 is 0 Å². The highest BCUT2D eigenvalue weighted by Crippen LogP contribution is 2.43. The van der Waals surface area contributed by atoms with Crippen molar-refractivity contribution in [2.75, 3.05) is 26.4 Å². The number of carbonyl (C=O) groups is 4. The topological polar surface area (TPSA) is 187 Å². The predicted molar refractivity (Wildman–Crippen MR) is 233 cm³/mol. The van der Waals surface area contributed by atoms with Crippen molar-refractivity contribution in [1.29, 1.82) is 0 Å². The molecule has 0 saturated heterocycles. The fourth-order valence-electron chi connectivity index (χ4n) is 6.26. The van der Waals surface area contributed by atoms with E-state index in [2.05, 4.69) is 13.8 Å². The second-order valence-electron chi connectivity index (χ2n) is 18.1. The highest BCUT2D eigenvalue weighted by Gasteiger charge is 2.30. The van der Waals surface area contributed by atoms with Crippen LogP contribution in [0.5, 0.6) is 0 Å². The second-order valence-corrected chi connectivity index (χ2v) is 19.6. The van der Waals surface area contributed by atoms with Gasteiger partial charge in [-0.2, -0.15) is 0 Å². The Balaban J connectivity index is 5.16. The van der Waals surface area contributed by atoms with Gasteiger partial charge in [0.1, 0.15) is 13.2 Å². The average Bonchev–Trinajstić information content (AvgIpc) is 3.13. The zero-order valence-corrected chi connectivity index (χ0v) is 39.2. The molecular formula is C45H86NO12P. The van der Waals surface area contributed by atoms with Crippen molar-refractivity contribution >= 4 is 31.7 Å². The van der Waals surface area contributed by atoms with Gasteiger partial charge in [-0.15, -0.1) is 0 Å². The lowest BCUT2D eigenvalue weighted by molar-refractivity contribution is -0.163. The van der Waals surface area contributed by atoms with Crippen LogP contribution in [-0.2, 0) is 51.7 Å². The molecule has 0 aromatic carbocycles. The molecule has 0 aliphatic rings. The number of hydrogen-bond acceptors (Lipinski definition) is 12. The van der Waals surface area contributed by atoms with Gasteiger partial charge in [0.25, 0.3) is 0 Å². The third-order valence-corrected chi connectivity index (χ3v) is 10.5. The Bertz CT molecular complexity index is 1150. The standard InChI is InChI=1S/C45H86NO12P/c1-8-10-12-14-16-18-20-22-24-26-28-30-40(47)53-34-38(57-41(48)31-29-27-25-23-21-19-17-15-13-11-9-2)36-55-59(51,52)56-37-39(58-43(50)32-44(3,4)5)35-54-42(49)33-45(6,7)46/h38-39H,8-37,46H2,1-7H3,(H,51,52)/t38-,39?/m1/s1. The van der Waals surface area contributed by atoms with Crippen molar-refractivity contribution in [2.45, 2.75) is 233 Å². The van der Waals surface area contributed by atoms with Gasteiger partial charge in [0, 0.05) is 18.4 Å². The number of ether oxygens (including phenoxy) is 4. The summed E-state index contributed by atoms with van der Waals surface area (Å²) in [5, 5.41) is 0. The van der Waals surface area contributed by atoms with E-state index in [9.17, 15) is 28.6 Å². The Morgan fingerprint density at radius 2 is 0.831 bits per heavy atom. The number of rotatable bonds is 39. The quantitative estimate of drug-likeness (QED) is 0.0257. The molecule has 0 heterocycles. The molecule has 2 unspecified atom stereocenters. The van der Waals surface area contributed by atoms with E-state index in [-0.39, 0.29) is 32.3 Å². The largest absolute Gasteiger partial charge is 0.472 e. The molecule has 0 aromatic heterocycles. The Morgan fingerprint density at radius 3 is 1.20 bits per heavy atom. The van der Waals surface area contributed by atoms with Crippen molar-refractivity contribution in [1.82, 2.24) is 0 Å². The van der Waals surface area contributed by atoms with Crippen LogP contribution in [0.25, 0.3) is 0 Å². The molecule has 0 bridgehead atoms. The van der Waals surface area contributed by atoms with Crippen molar-refractivity contribution < 1.29 is 56.6 Å². The normalized spacial score (nSPS) is 14.0. The molecule has 3 N–H and O–H groups in total. The first-order chi connectivity index (χ1) is 27.9. The van der Waals surface area contributed by atoms with Gasteiger partial charge in [-0.25, -0.2) is 4.57 Å². The highest BCUT2D eigenvalue weighted by molar-refractivity contribution is 7.47. The number of carbonyl (C=O) groups excluding carboxylic acids is 4. The molecule has 0 aliphatic carbocycles. The number of nitrogens with two attached hydrogens (primary N) is 1. The summed E-state index contributed by atoms with van der Waals surface area (Å²) in [6, 6.07) is 0. The summed E-state index contributed by atoms with van der Waals surface area (Å²) in [7, 11) is -4.83. The summed E-state index contributed by atoms with van der Waals surface area (Å²) < 4.78 is 45.0. The second kappa shape index (κ2) is 34.5. The van der Waals surface area contributed by atoms with Gasteiger partial charge in [-0.05, 0) is 32.1 Å². The van der Waals surface area contributed by atoms with Crippen LogP contribution in [-0.4, -0.2) is 72.9 Å². The summed E-state index contributed by atoms with van der Waals surface area (Å²) in [6.07, 6.45) is 23.0. The number of esters is 4. The summed E-state index contributed by atoms with van der Waals surface area (Å²) >= 11 is 0. The molecule has 348 valence electrons. The monoisotopic (exact) mass is 864 g/mol. The number of phosphoric acid groups is 1. The summed E-state index contributed by atoms with van der Waals surface area (Å²) in [4.78, 5) is 60.9. The van der Waals surface area contributed by atoms with Crippen LogP contribution in [0.2, 0.25) is 0 Å². The van der Waals surface area contributed by atoms with Gasteiger partial charge in [0.05, 0.1) is 26.1 Å². The molecule has 13 nitrogen and oxygen atoms in total. The van der Waals surface area contributed by atoms with E-state index < -0.39 is 74.7 Å². The van der Waals surface area contributed by atoms with Crippen LogP contribution >= 0.6 is 7.82 Å². The molecule has 0 aliphatic heterocycles. The van der Waals surface area contributed by atoms with Gasteiger partial charge in [0.15, 0.2) is 12.2 Å². The van der Waals surface area contributed by atoms with Gasteiger partial charge >= 0.3 is 31.7 Å². The zero-order chi connectivity index (χ0) is 44.4. The lowest BCUT2D eigenvalue weighted by Gasteiger charge is -2.24. The van der Waals surface area contributed by atoms with Gasteiger partial charge in [0.2, 0.25) is 0 Å². The average molecular weight is 864 g/mol. The maximum Gasteiger partial charge on any atom is 0.472 e. The molecule has 0 rings (SSSR count). The predicted octanol–water partition coefficient (Wildman–Crippen LogP) is 11.0. The number of unbranched alkanes of at least 4 members (excludes halogenated alkanes) is 20. The number of hydrogen-bond donors (Lipinski definition) is 2. The van der Waals surface area contributed by atoms with Gasteiger partial charge < -0.3 is 29.6 Å². The van der Waals surface area contributed by atoms with Crippen molar-refractivity contribution in [3.63, 3.8) is 0 Å². The maximum atomic E-state index is 13.0. The summed E-state index contributed by atoms with van der Waals surface area (Å²) in [5.41, 5.74) is 4.66. The lowest BCUT2D eigenvalue weighted by Crippen LogP contribution is -2.37. The van der Waals surface area contributed by atoms with Crippen LogP contribution in [0.3, 0.4) is 0 Å². The van der Waals surface area contributed by atoms with E-state index in [0.29, 0.717) is 12.8 Å². The maximum absolute atomic E-state index is 13.0. The molecular weight excluding hydrogens is 777 g/mol. The fraction of sp³-hybridized carbons (Fsp3) is 0.911. The van der Waals surface area contributed by atoms with E-state index in [1.807, 2.05) is 20.8 Å². The van der Waals surface area contributed by atoms with Crippen molar-refractivity contribution in [3.05, 3.63) is 0 Å². The Labute approximate surface area is 358 Å². The minimum absolute atomic E-state index is 0.0325. The SMILES string of the molecule is CCCCCCCCCCCCCC(=O)OC[C@H](COP(=O)(O)OCC(COC(=O)CC(C)(C)N)OC(=O)CC(C)(C)C)OC(=O)CCCCCCCCCCCCC. The first-order valence-corrected chi connectivity index (χ1v) is 24.5. The Kier molecular flexibility index (Phi) is 33.3. The van der Waals surface area contributed by atoms with Crippen LogP contribution < -0.4 is 5.73 Å². The molecule has 0 spiro atoms. The smallest absolute Gasteiger partial charge is 0.462 e. The molecule has 0 radical (unpaired) electrons. The molecule has 0 amide bonds.